The maximum absolute atomic E-state index is 11.5. The minimum Gasteiger partial charge on any atom is -0.481 e. The Balaban J connectivity index is 4.31. The molecule has 0 aromatic rings. The summed E-state index contributed by atoms with van der Waals surface area (Å²) in [5.41, 5.74) is -1.21. The van der Waals surface area contributed by atoms with Crippen LogP contribution < -0.4 is 10.6 Å². The van der Waals surface area contributed by atoms with Crippen molar-refractivity contribution in [3.8, 4) is 12.3 Å². The van der Waals surface area contributed by atoms with Crippen molar-refractivity contribution in [1.82, 2.24) is 10.6 Å². The molecule has 0 aromatic heterocycles. The third-order valence-electron chi connectivity index (χ3n) is 2.63. The molecule has 6 heteroatoms. The number of carbonyl (C=O) groups is 3. The zero-order chi connectivity index (χ0) is 15.1. The van der Waals surface area contributed by atoms with Gasteiger partial charge in [0.05, 0.1) is 5.41 Å². The molecule has 0 aliphatic rings. The molecule has 1 unspecified atom stereocenters. The maximum atomic E-state index is 11.5. The number of aliphatic carboxylic acids is 1. The summed E-state index contributed by atoms with van der Waals surface area (Å²) in [6, 6.07) is -0.862. The second-order valence-corrected chi connectivity index (χ2v) is 4.90. The molecule has 0 aromatic carbocycles. The van der Waals surface area contributed by atoms with Crippen molar-refractivity contribution in [3.63, 3.8) is 0 Å². The second kappa shape index (κ2) is 7.41. The summed E-state index contributed by atoms with van der Waals surface area (Å²) in [6.45, 7) is 4.69. The summed E-state index contributed by atoms with van der Waals surface area (Å²) >= 11 is 0. The Morgan fingerprint density at radius 3 is 2.37 bits per heavy atom. The summed E-state index contributed by atoms with van der Waals surface area (Å²) in [5, 5.41) is 13.5. The molecular formula is C13H20N2O4. The van der Waals surface area contributed by atoms with Crippen LogP contribution in [0.25, 0.3) is 0 Å². The molecule has 0 radical (unpaired) electrons. The van der Waals surface area contributed by atoms with E-state index < -0.39 is 23.3 Å². The molecule has 0 rings (SSSR count). The van der Waals surface area contributed by atoms with Crippen molar-refractivity contribution in [2.24, 2.45) is 5.41 Å². The highest BCUT2D eigenvalue weighted by Gasteiger charge is 2.30. The monoisotopic (exact) mass is 268 g/mol. The Hall–Kier alpha value is -2.03. The fourth-order valence-corrected chi connectivity index (χ4v) is 1.31. The van der Waals surface area contributed by atoms with E-state index in [1.807, 2.05) is 6.92 Å². The van der Waals surface area contributed by atoms with Crippen LogP contribution in [0.1, 0.15) is 40.0 Å². The van der Waals surface area contributed by atoms with E-state index in [2.05, 4.69) is 16.6 Å². The van der Waals surface area contributed by atoms with Gasteiger partial charge in [-0.2, -0.15) is 0 Å². The molecule has 0 spiro atoms. The first-order chi connectivity index (χ1) is 8.72. The van der Waals surface area contributed by atoms with Gasteiger partial charge in [0.2, 0.25) is 5.91 Å². The van der Waals surface area contributed by atoms with Crippen molar-refractivity contribution in [2.45, 2.75) is 46.1 Å². The van der Waals surface area contributed by atoms with Gasteiger partial charge in [-0.15, -0.1) is 12.3 Å². The topological polar surface area (TPSA) is 95.5 Å². The third kappa shape index (κ3) is 6.46. The number of rotatable bonds is 6. The van der Waals surface area contributed by atoms with E-state index in [4.69, 9.17) is 11.5 Å². The predicted molar refractivity (Wildman–Crippen MR) is 70.2 cm³/mol. The van der Waals surface area contributed by atoms with E-state index >= 15 is 0 Å². The van der Waals surface area contributed by atoms with E-state index in [0.29, 0.717) is 12.8 Å². The smallest absolute Gasteiger partial charge is 0.321 e. The normalized spacial score (nSPS) is 12.1. The molecule has 0 heterocycles. The molecule has 106 valence electrons. The zero-order valence-electron chi connectivity index (χ0n) is 11.4. The molecular weight excluding hydrogens is 248 g/mol. The number of amides is 3. The molecule has 1 atom stereocenters. The molecule has 3 amide bonds. The molecule has 0 aliphatic carbocycles. The number of carbonyl (C=O) groups excluding carboxylic acids is 2. The summed E-state index contributed by atoms with van der Waals surface area (Å²) in [5.74, 6) is 0.691. The highest BCUT2D eigenvalue weighted by Crippen LogP contribution is 2.19. The minimum absolute atomic E-state index is 0.203. The van der Waals surface area contributed by atoms with E-state index in [9.17, 15) is 14.4 Å². The van der Waals surface area contributed by atoms with E-state index in [1.54, 1.807) is 0 Å². The Bertz CT molecular complexity index is 396. The van der Waals surface area contributed by atoms with Crippen LogP contribution in [0.5, 0.6) is 0 Å². The van der Waals surface area contributed by atoms with Gasteiger partial charge < -0.3 is 10.4 Å². The lowest BCUT2D eigenvalue weighted by atomic mass is 9.89. The van der Waals surface area contributed by atoms with Gasteiger partial charge in [-0.3, -0.25) is 14.9 Å². The number of hydrogen-bond donors (Lipinski definition) is 3. The van der Waals surface area contributed by atoms with Gasteiger partial charge in [0.1, 0.15) is 0 Å². The standard InChI is InChI=1S/C13H20N2O4/c1-5-7-9(6-2)14-12(19)15-10(16)8-13(3,4)11(17)18/h1,9H,6-8H2,2-4H3,(H,17,18)(H2,14,15,16,19). The van der Waals surface area contributed by atoms with Gasteiger partial charge in [-0.05, 0) is 20.3 Å². The van der Waals surface area contributed by atoms with Crippen LogP contribution in [0.15, 0.2) is 0 Å². The number of hydrogen-bond acceptors (Lipinski definition) is 3. The first-order valence-electron chi connectivity index (χ1n) is 6.00. The third-order valence-corrected chi connectivity index (χ3v) is 2.63. The fraction of sp³-hybridized carbons (Fsp3) is 0.615. The van der Waals surface area contributed by atoms with Gasteiger partial charge in [0, 0.05) is 18.9 Å². The van der Waals surface area contributed by atoms with Crippen LogP contribution in [-0.4, -0.2) is 29.1 Å². The number of carboxylic acids is 1. The van der Waals surface area contributed by atoms with Crippen molar-refractivity contribution in [1.29, 1.82) is 0 Å². The minimum atomic E-state index is -1.21. The fourth-order valence-electron chi connectivity index (χ4n) is 1.31. The highest BCUT2D eigenvalue weighted by atomic mass is 16.4. The maximum Gasteiger partial charge on any atom is 0.321 e. The number of carboxylic acid groups (broad SMARTS) is 1. The van der Waals surface area contributed by atoms with Crippen LogP contribution in [-0.2, 0) is 9.59 Å². The van der Waals surface area contributed by atoms with Gasteiger partial charge in [0.15, 0.2) is 0 Å². The predicted octanol–water partition coefficient (Wildman–Crippen LogP) is 1.11. The lowest BCUT2D eigenvalue weighted by molar-refractivity contribution is -0.149. The average Bonchev–Trinajstić information content (AvgIpc) is 2.26. The quantitative estimate of drug-likeness (QED) is 0.629. The molecule has 0 bridgehead atoms. The molecule has 19 heavy (non-hydrogen) atoms. The molecule has 0 fully saturated rings. The summed E-state index contributed by atoms with van der Waals surface area (Å²) in [6.07, 6.45) is 5.89. The summed E-state index contributed by atoms with van der Waals surface area (Å²) in [4.78, 5) is 33.9. The number of terminal acetylenes is 1. The highest BCUT2D eigenvalue weighted by molar-refractivity contribution is 5.96. The van der Waals surface area contributed by atoms with E-state index in [-0.39, 0.29) is 12.5 Å². The Morgan fingerprint density at radius 2 is 1.95 bits per heavy atom. The average molecular weight is 268 g/mol. The van der Waals surface area contributed by atoms with E-state index in [1.165, 1.54) is 13.8 Å². The lowest BCUT2D eigenvalue weighted by Crippen LogP contribution is -2.45. The van der Waals surface area contributed by atoms with Crippen LogP contribution in [0.2, 0.25) is 0 Å². The van der Waals surface area contributed by atoms with Crippen molar-refractivity contribution >= 4 is 17.9 Å². The summed E-state index contributed by atoms with van der Waals surface area (Å²) in [7, 11) is 0. The molecule has 3 N–H and O–H groups in total. The van der Waals surface area contributed by atoms with Gasteiger partial charge in [-0.25, -0.2) is 4.79 Å². The Kier molecular flexibility index (Phi) is 6.62. The van der Waals surface area contributed by atoms with Crippen LogP contribution >= 0.6 is 0 Å². The summed E-state index contributed by atoms with van der Waals surface area (Å²) < 4.78 is 0. The van der Waals surface area contributed by atoms with Crippen molar-refractivity contribution in [2.75, 3.05) is 0 Å². The van der Waals surface area contributed by atoms with E-state index in [0.717, 1.165) is 0 Å². The SMILES string of the molecule is C#CCC(CC)NC(=O)NC(=O)CC(C)(C)C(=O)O. The Labute approximate surface area is 112 Å². The molecule has 6 nitrogen and oxygen atoms in total. The number of nitrogens with one attached hydrogen (secondary N) is 2. The second-order valence-electron chi connectivity index (χ2n) is 4.90. The first-order valence-corrected chi connectivity index (χ1v) is 6.00. The number of urea groups is 1. The van der Waals surface area contributed by atoms with Gasteiger partial charge >= 0.3 is 12.0 Å². The van der Waals surface area contributed by atoms with Crippen LogP contribution in [0.4, 0.5) is 4.79 Å². The van der Waals surface area contributed by atoms with Crippen LogP contribution in [0.3, 0.4) is 0 Å². The largest absolute Gasteiger partial charge is 0.481 e. The van der Waals surface area contributed by atoms with Gasteiger partial charge in [-0.1, -0.05) is 6.92 Å². The van der Waals surface area contributed by atoms with Crippen LogP contribution in [0, 0.1) is 17.8 Å². The first kappa shape index (κ1) is 17.0. The van der Waals surface area contributed by atoms with Gasteiger partial charge in [0.25, 0.3) is 0 Å². The molecule has 0 saturated carbocycles. The zero-order valence-corrected chi connectivity index (χ0v) is 11.4. The molecule has 0 saturated heterocycles. The van der Waals surface area contributed by atoms with Crippen molar-refractivity contribution < 1.29 is 19.5 Å². The number of imide groups is 1. The molecule has 0 aliphatic heterocycles. The Morgan fingerprint density at radius 1 is 1.37 bits per heavy atom. The lowest BCUT2D eigenvalue weighted by Gasteiger charge is -2.19. The van der Waals surface area contributed by atoms with Crippen molar-refractivity contribution in [3.05, 3.63) is 0 Å².